The molecule has 1 aromatic rings. The van der Waals surface area contributed by atoms with Gasteiger partial charge in [0.2, 0.25) is 0 Å². The zero-order valence-electron chi connectivity index (χ0n) is 12.1. The third-order valence-electron chi connectivity index (χ3n) is 3.95. The smallest absolute Gasteiger partial charge is 0.0894 e. The van der Waals surface area contributed by atoms with Crippen LogP contribution >= 0.6 is 0 Å². The van der Waals surface area contributed by atoms with E-state index in [0.717, 1.165) is 5.69 Å². The van der Waals surface area contributed by atoms with Crippen molar-refractivity contribution in [3.8, 4) is 0 Å². The summed E-state index contributed by atoms with van der Waals surface area (Å²) in [4.78, 5) is 4.75. The zero-order valence-corrected chi connectivity index (χ0v) is 12.1. The number of rotatable bonds is 4. The van der Waals surface area contributed by atoms with Gasteiger partial charge >= 0.3 is 0 Å². The monoisotopic (exact) mass is 247 g/mol. The number of ether oxygens (including phenoxy) is 1. The molecule has 0 aliphatic carbocycles. The van der Waals surface area contributed by atoms with Gasteiger partial charge in [-0.15, -0.1) is 0 Å². The average molecular weight is 247 g/mol. The van der Waals surface area contributed by atoms with Crippen molar-refractivity contribution in [2.24, 2.45) is 0 Å². The first-order valence-electron chi connectivity index (χ1n) is 7.24. The van der Waals surface area contributed by atoms with Crippen LogP contribution in [0.1, 0.15) is 75.7 Å². The quantitative estimate of drug-likeness (QED) is 0.787. The highest BCUT2D eigenvalue weighted by Gasteiger charge is 2.27. The van der Waals surface area contributed by atoms with Gasteiger partial charge in [-0.2, -0.15) is 0 Å². The number of hydrogen-bond donors (Lipinski definition) is 0. The van der Waals surface area contributed by atoms with E-state index in [4.69, 9.17) is 9.72 Å². The highest BCUT2D eigenvalue weighted by atomic mass is 16.5. The van der Waals surface area contributed by atoms with E-state index in [2.05, 4.69) is 39.8 Å². The highest BCUT2D eigenvalue weighted by molar-refractivity contribution is 5.29. The van der Waals surface area contributed by atoms with Crippen molar-refractivity contribution in [1.82, 2.24) is 4.98 Å². The fraction of sp³-hybridized carbons (Fsp3) is 0.688. The summed E-state index contributed by atoms with van der Waals surface area (Å²) in [5.41, 5.74) is 3.73. The summed E-state index contributed by atoms with van der Waals surface area (Å²) in [6, 6.07) is 4.45. The van der Waals surface area contributed by atoms with Crippen molar-refractivity contribution in [1.29, 1.82) is 0 Å². The third-order valence-corrected chi connectivity index (χ3v) is 3.95. The molecule has 0 saturated carbocycles. The van der Waals surface area contributed by atoms with E-state index < -0.39 is 0 Å². The van der Waals surface area contributed by atoms with Crippen LogP contribution in [0.5, 0.6) is 0 Å². The maximum atomic E-state index is 5.99. The van der Waals surface area contributed by atoms with E-state index in [1.165, 1.54) is 30.5 Å². The van der Waals surface area contributed by atoms with Gasteiger partial charge in [0, 0.05) is 11.6 Å². The van der Waals surface area contributed by atoms with Gasteiger partial charge in [0.05, 0.1) is 18.4 Å². The van der Waals surface area contributed by atoms with Crippen LogP contribution in [0.4, 0.5) is 0 Å². The molecule has 0 unspecified atom stereocenters. The van der Waals surface area contributed by atoms with Crippen LogP contribution in [0.2, 0.25) is 0 Å². The Balaban J connectivity index is 2.17. The van der Waals surface area contributed by atoms with Crippen LogP contribution < -0.4 is 0 Å². The number of nitrogens with zero attached hydrogens (tertiary/aromatic N) is 1. The van der Waals surface area contributed by atoms with Gasteiger partial charge in [-0.3, -0.25) is 4.98 Å². The largest absolute Gasteiger partial charge is 0.371 e. The van der Waals surface area contributed by atoms with Crippen molar-refractivity contribution in [3.05, 3.63) is 29.1 Å². The molecule has 0 amide bonds. The SMILES string of the molecule is CCCC[C@@H]1OCc2nc(C(C)C)ccc2[C@@H]1C. The molecule has 0 fully saturated rings. The van der Waals surface area contributed by atoms with E-state index in [-0.39, 0.29) is 0 Å². The van der Waals surface area contributed by atoms with Crippen molar-refractivity contribution in [2.75, 3.05) is 0 Å². The molecule has 0 radical (unpaired) electrons. The molecule has 0 aromatic carbocycles. The standard InChI is InChI=1S/C16H25NO/c1-5-6-7-16-12(4)13-8-9-14(11(2)3)17-15(13)10-18-16/h8-9,11-12,16H,5-7,10H2,1-4H3/t12-,16-/m0/s1. The van der Waals surface area contributed by atoms with Crippen molar-refractivity contribution in [3.63, 3.8) is 0 Å². The number of fused-ring (bicyclic) bond motifs is 1. The van der Waals surface area contributed by atoms with Gasteiger partial charge in [0.1, 0.15) is 0 Å². The maximum absolute atomic E-state index is 5.99. The predicted molar refractivity (Wildman–Crippen MR) is 74.8 cm³/mol. The Kier molecular flexibility index (Phi) is 4.39. The molecule has 1 aromatic heterocycles. The van der Waals surface area contributed by atoms with Gasteiger partial charge in [-0.1, -0.05) is 46.6 Å². The molecule has 0 saturated heterocycles. The lowest BCUT2D eigenvalue weighted by Gasteiger charge is -2.31. The maximum Gasteiger partial charge on any atom is 0.0894 e. The third kappa shape index (κ3) is 2.74. The minimum atomic E-state index is 0.379. The molecule has 1 aliphatic rings. The fourth-order valence-corrected chi connectivity index (χ4v) is 2.65. The number of aromatic nitrogens is 1. The van der Waals surface area contributed by atoms with E-state index in [0.29, 0.717) is 24.5 Å². The van der Waals surface area contributed by atoms with Gasteiger partial charge in [-0.25, -0.2) is 0 Å². The van der Waals surface area contributed by atoms with Gasteiger partial charge in [0.15, 0.2) is 0 Å². The molecular formula is C16H25NO. The van der Waals surface area contributed by atoms with Crippen molar-refractivity contribution >= 4 is 0 Å². The summed E-state index contributed by atoms with van der Waals surface area (Å²) in [6.07, 6.45) is 4.04. The molecule has 2 heteroatoms. The molecule has 0 bridgehead atoms. The second kappa shape index (κ2) is 5.83. The second-order valence-corrected chi connectivity index (χ2v) is 5.71. The molecule has 2 heterocycles. The second-order valence-electron chi connectivity index (χ2n) is 5.71. The molecule has 2 nitrogen and oxygen atoms in total. The Morgan fingerprint density at radius 1 is 1.39 bits per heavy atom. The molecule has 18 heavy (non-hydrogen) atoms. The van der Waals surface area contributed by atoms with Crippen LogP contribution in [0, 0.1) is 0 Å². The summed E-state index contributed by atoms with van der Waals surface area (Å²) in [5.74, 6) is 0.970. The predicted octanol–water partition coefficient (Wildman–Crippen LogP) is 4.40. The first-order valence-corrected chi connectivity index (χ1v) is 7.24. The van der Waals surface area contributed by atoms with Gasteiger partial charge in [-0.05, 0) is 24.0 Å². The Bertz CT molecular complexity index is 400. The number of unbranched alkanes of at least 4 members (excludes halogenated alkanes) is 1. The van der Waals surface area contributed by atoms with Crippen LogP contribution in [-0.2, 0) is 11.3 Å². The Morgan fingerprint density at radius 3 is 2.83 bits per heavy atom. The zero-order chi connectivity index (χ0) is 13.1. The topological polar surface area (TPSA) is 22.1 Å². The summed E-state index contributed by atoms with van der Waals surface area (Å²) in [5, 5.41) is 0. The lowest BCUT2D eigenvalue weighted by molar-refractivity contribution is 0.00286. The summed E-state index contributed by atoms with van der Waals surface area (Å²) in [7, 11) is 0. The van der Waals surface area contributed by atoms with Crippen molar-refractivity contribution in [2.45, 2.75) is 71.5 Å². The molecule has 100 valence electrons. The van der Waals surface area contributed by atoms with Crippen LogP contribution in [0.25, 0.3) is 0 Å². The minimum Gasteiger partial charge on any atom is -0.371 e. The lowest BCUT2D eigenvalue weighted by atomic mass is 9.88. The molecule has 1 aliphatic heterocycles. The first kappa shape index (κ1) is 13.5. The summed E-state index contributed by atoms with van der Waals surface area (Å²) >= 11 is 0. The van der Waals surface area contributed by atoms with E-state index in [1.807, 2.05) is 0 Å². The molecule has 2 rings (SSSR count). The first-order chi connectivity index (χ1) is 8.63. The van der Waals surface area contributed by atoms with Crippen molar-refractivity contribution < 1.29 is 4.74 Å². The average Bonchev–Trinajstić information content (AvgIpc) is 2.37. The minimum absolute atomic E-state index is 0.379. The van der Waals surface area contributed by atoms with Crippen LogP contribution in [0.3, 0.4) is 0 Å². The van der Waals surface area contributed by atoms with E-state index in [9.17, 15) is 0 Å². The fourth-order valence-electron chi connectivity index (χ4n) is 2.65. The van der Waals surface area contributed by atoms with E-state index in [1.54, 1.807) is 0 Å². The summed E-state index contributed by atoms with van der Waals surface area (Å²) < 4.78 is 5.99. The van der Waals surface area contributed by atoms with Gasteiger partial charge < -0.3 is 4.74 Å². The van der Waals surface area contributed by atoms with E-state index >= 15 is 0 Å². The van der Waals surface area contributed by atoms with Gasteiger partial charge in [0.25, 0.3) is 0 Å². The number of pyridine rings is 1. The molecule has 0 N–H and O–H groups in total. The Labute approximate surface area is 111 Å². The van der Waals surface area contributed by atoms with Crippen LogP contribution in [0.15, 0.2) is 12.1 Å². The Hall–Kier alpha value is -0.890. The Morgan fingerprint density at radius 2 is 2.17 bits per heavy atom. The molecular weight excluding hydrogens is 222 g/mol. The number of hydrogen-bond acceptors (Lipinski definition) is 2. The molecule has 2 atom stereocenters. The summed E-state index contributed by atoms with van der Waals surface area (Å²) in [6.45, 7) is 9.57. The highest BCUT2D eigenvalue weighted by Crippen LogP contribution is 2.33. The normalized spacial score (nSPS) is 23.2. The molecule has 0 spiro atoms. The van der Waals surface area contributed by atoms with Crippen LogP contribution in [-0.4, -0.2) is 11.1 Å². The lowest BCUT2D eigenvalue weighted by Crippen LogP contribution is -2.27.